The standard InChI is InChI=1S/C29H31N5O4/c1-20-16-22(8-9-26(20)37-23-7-5-6-21(17-23)28(35)38-29(2,3)4)34(33-12-14-36-15-13-33)27-24-10-11-30-18-25(24)31-19-32-27/h5-11,16-19H,12-15H2,1-4H3. The molecule has 0 saturated carbocycles. The molecule has 1 aliphatic heterocycles. The van der Waals surface area contributed by atoms with Crippen LogP contribution in [-0.2, 0) is 9.47 Å². The van der Waals surface area contributed by atoms with Crippen molar-refractivity contribution in [3.05, 3.63) is 78.4 Å². The Kier molecular flexibility index (Phi) is 7.22. The van der Waals surface area contributed by atoms with Crippen molar-refractivity contribution in [3.8, 4) is 11.5 Å². The molecule has 2 aromatic carbocycles. The number of pyridine rings is 1. The highest BCUT2D eigenvalue weighted by Gasteiger charge is 2.25. The third-order valence-electron chi connectivity index (χ3n) is 5.99. The van der Waals surface area contributed by atoms with Gasteiger partial charge in [-0.2, -0.15) is 0 Å². The van der Waals surface area contributed by atoms with Crippen molar-refractivity contribution < 1.29 is 19.0 Å². The number of carbonyl (C=O) groups is 1. The van der Waals surface area contributed by atoms with Gasteiger partial charge in [-0.05, 0) is 75.7 Å². The van der Waals surface area contributed by atoms with Crippen LogP contribution in [0.5, 0.6) is 11.5 Å². The Morgan fingerprint density at radius 2 is 1.87 bits per heavy atom. The van der Waals surface area contributed by atoms with Crippen LogP contribution in [0.25, 0.3) is 10.9 Å². The van der Waals surface area contributed by atoms with Gasteiger partial charge in [0.05, 0.1) is 36.2 Å². The average Bonchev–Trinajstić information content (AvgIpc) is 2.90. The van der Waals surface area contributed by atoms with E-state index in [0.29, 0.717) is 30.3 Å². The maximum absolute atomic E-state index is 12.5. The van der Waals surface area contributed by atoms with Crippen LogP contribution in [0.2, 0.25) is 0 Å². The van der Waals surface area contributed by atoms with Gasteiger partial charge in [-0.3, -0.25) is 9.99 Å². The number of carbonyl (C=O) groups excluding carboxylic acids is 1. The summed E-state index contributed by atoms with van der Waals surface area (Å²) in [6.45, 7) is 10.3. The van der Waals surface area contributed by atoms with E-state index >= 15 is 0 Å². The first-order chi connectivity index (χ1) is 18.3. The summed E-state index contributed by atoms with van der Waals surface area (Å²) in [5, 5.41) is 5.25. The van der Waals surface area contributed by atoms with Crippen molar-refractivity contribution in [3.63, 3.8) is 0 Å². The molecule has 2 aromatic heterocycles. The molecule has 0 aliphatic carbocycles. The molecule has 1 fully saturated rings. The predicted octanol–water partition coefficient (Wildman–Crippen LogP) is 5.47. The van der Waals surface area contributed by atoms with Gasteiger partial charge in [-0.1, -0.05) is 6.07 Å². The zero-order valence-electron chi connectivity index (χ0n) is 22.0. The van der Waals surface area contributed by atoms with E-state index in [9.17, 15) is 4.79 Å². The summed E-state index contributed by atoms with van der Waals surface area (Å²) in [6.07, 6.45) is 5.06. The quantitative estimate of drug-likeness (QED) is 0.312. The summed E-state index contributed by atoms with van der Waals surface area (Å²) in [5.41, 5.74) is 2.52. The number of hydrogen-bond acceptors (Lipinski definition) is 9. The molecule has 1 saturated heterocycles. The molecule has 9 heteroatoms. The summed E-state index contributed by atoms with van der Waals surface area (Å²) in [7, 11) is 0. The highest BCUT2D eigenvalue weighted by atomic mass is 16.6. The number of esters is 1. The third kappa shape index (κ3) is 5.74. The van der Waals surface area contributed by atoms with E-state index in [2.05, 4.69) is 31.0 Å². The van der Waals surface area contributed by atoms with Crippen LogP contribution in [0.1, 0.15) is 36.7 Å². The van der Waals surface area contributed by atoms with Crippen molar-refractivity contribution in [2.45, 2.75) is 33.3 Å². The first-order valence-electron chi connectivity index (χ1n) is 12.6. The number of hydrogen-bond donors (Lipinski definition) is 0. The van der Waals surface area contributed by atoms with E-state index in [4.69, 9.17) is 14.2 Å². The van der Waals surface area contributed by atoms with Crippen LogP contribution in [-0.4, -0.2) is 57.8 Å². The fourth-order valence-corrected chi connectivity index (χ4v) is 4.27. The largest absolute Gasteiger partial charge is 0.457 e. The molecule has 0 atom stereocenters. The molecule has 0 spiro atoms. The Morgan fingerprint density at radius 1 is 1.05 bits per heavy atom. The van der Waals surface area contributed by atoms with Gasteiger partial charge in [-0.15, -0.1) is 0 Å². The number of ether oxygens (including phenoxy) is 3. The fourth-order valence-electron chi connectivity index (χ4n) is 4.27. The maximum atomic E-state index is 12.5. The van der Waals surface area contributed by atoms with E-state index in [1.807, 2.05) is 52.0 Å². The maximum Gasteiger partial charge on any atom is 0.338 e. The molecular formula is C29H31N5O4. The predicted molar refractivity (Wildman–Crippen MR) is 145 cm³/mol. The topological polar surface area (TPSA) is 89.9 Å². The molecule has 5 rings (SSSR count). The molecular weight excluding hydrogens is 482 g/mol. The van der Waals surface area contributed by atoms with Gasteiger partial charge >= 0.3 is 5.97 Å². The van der Waals surface area contributed by atoms with Gasteiger partial charge in [-0.25, -0.2) is 19.8 Å². The number of hydrazine groups is 1. The summed E-state index contributed by atoms with van der Waals surface area (Å²) >= 11 is 0. The van der Waals surface area contributed by atoms with E-state index in [0.717, 1.165) is 41.1 Å². The van der Waals surface area contributed by atoms with Gasteiger partial charge in [0.15, 0.2) is 5.82 Å². The Labute approximate surface area is 222 Å². The van der Waals surface area contributed by atoms with Crippen LogP contribution >= 0.6 is 0 Å². The van der Waals surface area contributed by atoms with Gasteiger partial charge in [0, 0.05) is 24.7 Å². The fraction of sp³-hybridized carbons (Fsp3) is 0.310. The molecule has 1 aliphatic rings. The van der Waals surface area contributed by atoms with Crippen LogP contribution < -0.4 is 9.75 Å². The zero-order chi connectivity index (χ0) is 26.7. The van der Waals surface area contributed by atoms with E-state index in [-0.39, 0.29) is 5.97 Å². The monoisotopic (exact) mass is 513 g/mol. The number of aryl methyl sites for hydroxylation is 1. The average molecular weight is 514 g/mol. The smallest absolute Gasteiger partial charge is 0.338 e. The lowest BCUT2D eigenvalue weighted by Gasteiger charge is -2.38. The van der Waals surface area contributed by atoms with Crippen molar-refractivity contribution in [1.82, 2.24) is 20.0 Å². The number of rotatable bonds is 6. The zero-order valence-corrected chi connectivity index (χ0v) is 22.0. The van der Waals surface area contributed by atoms with Crippen molar-refractivity contribution >= 4 is 28.4 Å². The molecule has 0 amide bonds. The lowest BCUT2D eigenvalue weighted by molar-refractivity contribution is 0.00691. The van der Waals surface area contributed by atoms with Crippen molar-refractivity contribution in [2.24, 2.45) is 0 Å². The molecule has 0 N–H and O–H groups in total. The van der Waals surface area contributed by atoms with E-state index in [1.165, 1.54) is 0 Å². The molecule has 0 unspecified atom stereocenters. The normalized spacial score (nSPS) is 14.3. The first-order valence-corrected chi connectivity index (χ1v) is 12.6. The van der Waals surface area contributed by atoms with Gasteiger partial charge < -0.3 is 14.2 Å². The van der Waals surface area contributed by atoms with Gasteiger partial charge in [0.2, 0.25) is 0 Å². The minimum absolute atomic E-state index is 0.386. The van der Waals surface area contributed by atoms with Gasteiger partial charge in [0.1, 0.15) is 23.4 Å². The second kappa shape index (κ2) is 10.7. The summed E-state index contributed by atoms with van der Waals surface area (Å²) < 4.78 is 17.3. The summed E-state index contributed by atoms with van der Waals surface area (Å²) in [5.74, 6) is 1.64. The Balaban J connectivity index is 1.46. The second-order valence-electron chi connectivity index (χ2n) is 10.0. The molecule has 38 heavy (non-hydrogen) atoms. The molecule has 0 bridgehead atoms. The molecule has 9 nitrogen and oxygen atoms in total. The SMILES string of the molecule is Cc1cc(N(c2ncnc3cnccc23)N2CCOCC2)ccc1Oc1cccc(C(=O)OC(C)(C)C)c1. The second-order valence-corrected chi connectivity index (χ2v) is 10.0. The van der Waals surface area contributed by atoms with E-state index < -0.39 is 5.60 Å². The van der Waals surface area contributed by atoms with Crippen LogP contribution in [0.15, 0.2) is 67.3 Å². The van der Waals surface area contributed by atoms with E-state index in [1.54, 1.807) is 36.9 Å². The number of fused-ring (bicyclic) bond motifs is 1. The Hall–Kier alpha value is -4.08. The summed E-state index contributed by atoms with van der Waals surface area (Å²) in [4.78, 5) is 25.8. The van der Waals surface area contributed by atoms with Gasteiger partial charge in [0.25, 0.3) is 0 Å². The number of morpholine rings is 1. The van der Waals surface area contributed by atoms with Crippen LogP contribution in [0, 0.1) is 6.92 Å². The van der Waals surface area contributed by atoms with Crippen molar-refractivity contribution in [1.29, 1.82) is 0 Å². The summed E-state index contributed by atoms with van der Waals surface area (Å²) in [6, 6.07) is 15.0. The number of anilines is 2. The Morgan fingerprint density at radius 3 is 2.63 bits per heavy atom. The minimum Gasteiger partial charge on any atom is -0.457 e. The number of benzene rings is 2. The number of nitrogens with zero attached hydrogens (tertiary/aromatic N) is 5. The molecule has 3 heterocycles. The first kappa shape index (κ1) is 25.6. The molecule has 196 valence electrons. The van der Waals surface area contributed by atoms with Crippen LogP contribution in [0.4, 0.5) is 11.5 Å². The highest BCUT2D eigenvalue weighted by Crippen LogP contribution is 2.35. The lowest BCUT2D eigenvalue weighted by atomic mass is 10.1. The highest BCUT2D eigenvalue weighted by molar-refractivity contribution is 5.91. The lowest BCUT2D eigenvalue weighted by Crippen LogP contribution is -2.47. The number of aromatic nitrogens is 3. The van der Waals surface area contributed by atoms with Crippen molar-refractivity contribution in [2.75, 3.05) is 31.3 Å². The molecule has 4 aromatic rings. The molecule has 0 radical (unpaired) electrons. The third-order valence-corrected chi connectivity index (χ3v) is 5.99. The van der Waals surface area contributed by atoms with Crippen LogP contribution in [0.3, 0.4) is 0 Å². The minimum atomic E-state index is -0.571. The Bertz CT molecular complexity index is 1440.